The van der Waals surface area contributed by atoms with Gasteiger partial charge < -0.3 is 0 Å². The summed E-state index contributed by atoms with van der Waals surface area (Å²) in [5, 5.41) is 23.0. The van der Waals surface area contributed by atoms with E-state index in [1.165, 1.54) is 12.1 Å². The Labute approximate surface area is 113 Å². The van der Waals surface area contributed by atoms with E-state index < -0.39 is 21.2 Å². The lowest BCUT2D eigenvalue weighted by Crippen LogP contribution is -2.25. The zero-order valence-electron chi connectivity index (χ0n) is 10.2. The summed E-state index contributed by atoms with van der Waals surface area (Å²) in [7, 11) is 0. The summed E-state index contributed by atoms with van der Waals surface area (Å²) in [6, 6.07) is 12.2. The first-order valence-electron chi connectivity index (χ1n) is 5.54. The minimum Gasteiger partial charge on any atom is -0.273 e. The van der Waals surface area contributed by atoms with E-state index in [0.717, 1.165) is 11.1 Å². The lowest BCUT2D eigenvalue weighted by atomic mass is 10.2. The fourth-order valence-electron chi connectivity index (χ4n) is 1.78. The van der Waals surface area contributed by atoms with Crippen LogP contribution in [0.15, 0.2) is 48.5 Å². The van der Waals surface area contributed by atoms with Crippen molar-refractivity contribution < 1.29 is 9.85 Å². The third kappa shape index (κ3) is 2.40. The number of para-hydroxylation sites is 2. The van der Waals surface area contributed by atoms with Gasteiger partial charge in [0.25, 0.3) is 0 Å². The largest absolute Gasteiger partial charge is 0.370 e. The maximum absolute atomic E-state index is 11.1. The van der Waals surface area contributed by atoms with Crippen molar-refractivity contribution in [1.82, 2.24) is 0 Å². The van der Waals surface area contributed by atoms with E-state index in [4.69, 9.17) is 5.84 Å². The molecule has 0 fully saturated rings. The maximum Gasteiger partial charge on any atom is 0.370 e. The van der Waals surface area contributed by atoms with Crippen LogP contribution in [0.3, 0.4) is 0 Å². The molecule has 20 heavy (non-hydrogen) atoms. The Hall–Kier alpha value is -3.00. The van der Waals surface area contributed by atoms with Gasteiger partial charge in [-0.3, -0.25) is 25.2 Å². The minimum absolute atomic E-state index is 0.0459. The van der Waals surface area contributed by atoms with Crippen LogP contribution in [0, 0.1) is 20.2 Å². The Balaban J connectivity index is 2.60. The van der Waals surface area contributed by atoms with E-state index >= 15 is 0 Å². The topological polar surface area (TPSA) is 116 Å². The van der Waals surface area contributed by atoms with Crippen LogP contribution in [0.2, 0.25) is 0 Å². The van der Waals surface area contributed by atoms with Crippen LogP contribution in [0.1, 0.15) is 0 Å². The molecule has 102 valence electrons. The summed E-state index contributed by atoms with van der Waals surface area (Å²) in [5.41, 5.74) is -0.797. The molecule has 2 aromatic rings. The normalized spacial score (nSPS) is 10.1. The molecular weight excluding hydrogens is 264 g/mol. The molecular formula is C12H10N4O4. The number of benzene rings is 2. The fourth-order valence-corrected chi connectivity index (χ4v) is 1.78. The van der Waals surface area contributed by atoms with Gasteiger partial charge in [0.15, 0.2) is 0 Å². The second kappa shape index (κ2) is 5.33. The third-order valence-corrected chi connectivity index (χ3v) is 2.67. The highest BCUT2D eigenvalue weighted by Gasteiger charge is 2.30. The number of nitrogens with zero attached hydrogens (tertiary/aromatic N) is 3. The number of hydrogen-bond acceptors (Lipinski definition) is 6. The molecule has 0 heterocycles. The molecule has 2 aromatic carbocycles. The van der Waals surface area contributed by atoms with Gasteiger partial charge in [0.2, 0.25) is 0 Å². The molecule has 0 atom stereocenters. The number of nitro benzene ring substituents is 2. The lowest BCUT2D eigenvalue weighted by molar-refractivity contribution is -0.421. The van der Waals surface area contributed by atoms with Crippen LogP contribution in [-0.4, -0.2) is 9.85 Å². The Kier molecular flexibility index (Phi) is 3.58. The third-order valence-electron chi connectivity index (χ3n) is 2.67. The Bertz CT molecular complexity index is 660. The average Bonchev–Trinajstić information content (AvgIpc) is 2.46. The summed E-state index contributed by atoms with van der Waals surface area (Å²) in [4.78, 5) is 20.4. The molecule has 0 amide bonds. The number of anilines is 2. The van der Waals surface area contributed by atoms with Crippen molar-refractivity contribution in [3.05, 3.63) is 68.8 Å². The number of nitrogens with two attached hydrogens (primary N) is 1. The van der Waals surface area contributed by atoms with Crippen LogP contribution in [0.4, 0.5) is 22.7 Å². The molecule has 2 rings (SSSR count). The quantitative estimate of drug-likeness (QED) is 0.520. The van der Waals surface area contributed by atoms with E-state index in [1.54, 1.807) is 30.3 Å². The molecule has 0 saturated heterocycles. The minimum atomic E-state index is -0.809. The predicted octanol–water partition coefficient (Wildman–Crippen LogP) is 2.51. The molecule has 0 aliphatic carbocycles. The lowest BCUT2D eigenvalue weighted by Gasteiger charge is -2.18. The van der Waals surface area contributed by atoms with Crippen LogP contribution < -0.4 is 10.9 Å². The number of rotatable bonds is 4. The van der Waals surface area contributed by atoms with Gasteiger partial charge in [-0.2, -0.15) is 0 Å². The standard InChI is InChI=1S/C12H10N4O4/c13-14(9-5-2-1-3-6-9)10-7-4-8-11(15(17)18)12(10)16(19)20/h1-8H,13H2. The number of nitro groups is 2. The monoisotopic (exact) mass is 274 g/mol. The summed E-state index contributed by atoms with van der Waals surface area (Å²) in [6.07, 6.45) is 0. The van der Waals surface area contributed by atoms with E-state index in [9.17, 15) is 20.2 Å². The first-order chi connectivity index (χ1) is 9.52. The summed E-state index contributed by atoms with van der Waals surface area (Å²) in [5.74, 6) is 5.83. The van der Waals surface area contributed by atoms with Crippen molar-refractivity contribution in [3.63, 3.8) is 0 Å². The van der Waals surface area contributed by atoms with Gasteiger partial charge >= 0.3 is 11.4 Å². The maximum atomic E-state index is 11.1. The molecule has 0 aromatic heterocycles. The first-order valence-corrected chi connectivity index (χ1v) is 5.54. The fraction of sp³-hybridized carbons (Fsp3) is 0. The first kappa shape index (κ1) is 13.4. The van der Waals surface area contributed by atoms with Crippen molar-refractivity contribution in [3.8, 4) is 0 Å². The van der Waals surface area contributed by atoms with Crippen LogP contribution >= 0.6 is 0 Å². The Morgan fingerprint density at radius 3 is 2.10 bits per heavy atom. The van der Waals surface area contributed by atoms with Crippen molar-refractivity contribution in [2.24, 2.45) is 5.84 Å². The zero-order chi connectivity index (χ0) is 14.7. The van der Waals surface area contributed by atoms with Gasteiger partial charge in [-0.15, -0.1) is 0 Å². The van der Waals surface area contributed by atoms with E-state index in [-0.39, 0.29) is 5.69 Å². The van der Waals surface area contributed by atoms with E-state index in [0.29, 0.717) is 5.69 Å². The van der Waals surface area contributed by atoms with Crippen molar-refractivity contribution in [1.29, 1.82) is 0 Å². The van der Waals surface area contributed by atoms with Crippen molar-refractivity contribution >= 4 is 22.7 Å². The molecule has 0 spiro atoms. The van der Waals surface area contributed by atoms with Crippen molar-refractivity contribution in [2.45, 2.75) is 0 Å². The molecule has 8 heteroatoms. The highest BCUT2D eigenvalue weighted by molar-refractivity contribution is 5.77. The van der Waals surface area contributed by atoms with E-state index in [1.807, 2.05) is 0 Å². The van der Waals surface area contributed by atoms with Gasteiger partial charge in [0, 0.05) is 6.07 Å². The van der Waals surface area contributed by atoms with Crippen molar-refractivity contribution in [2.75, 3.05) is 5.01 Å². The molecule has 0 saturated carbocycles. The Morgan fingerprint density at radius 2 is 1.55 bits per heavy atom. The van der Waals surface area contributed by atoms with Gasteiger partial charge in [-0.25, -0.2) is 5.84 Å². The summed E-state index contributed by atoms with van der Waals surface area (Å²) < 4.78 is 0. The molecule has 8 nitrogen and oxygen atoms in total. The molecule has 0 aliphatic rings. The predicted molar refractivity (Wildman–Crippen MR) is 72.5 cm³/mol. The van der Waals surface area contributed by atoms with Gasteiger partial charge in [0.05, 0.1) is 15.5 Å². The molecule has 0 bridgehead atoms. The molecule has 2 N–H and O–H groups in total. The van der Waals surface area contributed by atoms with Gasteiger partial charge in [-0.1, -0.05) is 24.3 Å². The van der Waals surface area contributed by atoms with Crippen LogP contribution in [-0.2, 0) is 0 Å². The summed E-state index contributed by atoms with van der Waals surface area (Å²) >= 11 is 0. The highest BCUT2D eigenvalue weighted by atomic mass is 16.6. The number of hydrogen-bond donors (Lipinski definition) is 1. The Morgan fingerprint density at radius 1 is 0.900 bits per heavy atom. The average molecular weight is 274 g/mol. The summed E-state index contributed by atoms with van der Waals surface area (Å²) in [6.45, 7) is 0. The van der Waals surface area contributed by atoms with E-state index in [2.05, 4.69) is 0 Å². The molecule has 0 radical (unpaired) electrons. The second-order valence-corrected chi connectivity index (χ2v) is 3.86. The highest BCUT2D eigenvalue weighted by Crippen LogP contribution is 2.38. The van der Waals surface area contributed by atoms with Crippen LogP contribution in [0.25, 0.3) is 0 Å². The zero-order valence-corrected chi connectivity index (χ0v) is 10.2. The number of hydrazine groups is 1. The smallest absolute Gasteiger partial charge is 0.273 e. The SMILES string of the molecule is NN(c1ccccc1)c1cccc([N+](=O)[O-])c1[N+](=O)[O-]. The second-order valence-electron chi connectivity index (χ2n) is 3.86. The molecule has 0 unspecified atom stereocenters. The molecule has 0 aliphatic heterocycles. The van der Waals surface area contributed by atoms with Gasteiger partial charge in [0.1, 0.15) is 5.69 Å². The van der Waals surface area contributed by atoms with Crippen LogP contribution in [0.5, 0.6) is 0 Å². The van der Waals surface area contributed by atoms with Gasteiger partial charge in [-0.05, 0) is 18.2 Å².